The van der Waals surface area contributed by atoms with E-state index >= 15 is 0 Å². The Morgan fingerprint density at radius 1 is 1.09 bits per heavy atom. The van der Waals surface area contributed by atoms with E-state index in [0.29, 0.717) is 11.3 Å². The van der Waals surface area contributed by atoms with Crippen molar-refractivity contribution in [2.45, 2.75) is 25.6 Å². The number of benzene rings is 2. The molecule has 0 heterocycles. The average molecular weight is 345 g/mol. The van der Waals surface area contributed by atoms with Crippen LogP contribution in [0.2, 0.25) is 5.02 Å². The molecule has 0 aliphatic heterocycles. The third kappa shape index (κ3) is 4.09. The molecule has 0 amide bonds. The van der Waals surface area contributed by atoms with Gasteiger partial charge in [-0.1, -0.05) is 23.7 Å². The number of hydrogen-bond donors (Lipinski definition) is 3. The maximum absolute atomic E-state index is 12.8. The van der Waals surface area contributed by atoms with Crippen molar-refractivity contribution >= 4 is 28.7 Å². The van der Waals surface area contributed by atoms with E-state index in [0.717, 1.165) is 12.1 Å². The van der Waals surface area contributed by atoms with Crippen molar-refractivity contribution in [1.82, 2.24) is 0 Å². The third-order valence-electron chi connectivity index (χ3n) is 3.31. The molecule has 2 rings (SSSR count). The molecule has 3 nitrogen and oxygen atoms in total. The number of nitrogen functional groups attached to an aromatic ring is 1. The maximum atomic E-state index is 12.8. The van der Waals surface area contributed by atoms with Gasteiger partial charge in [0.25, 0.3) is 0 Å². The Kier molecular flexibility index (Phi) is 4.50. The lowest BCUT2D eigenvalue weighted by atomic mass is 9.98. The van der Waals surface area contributed by atoms with Crippen LogP contribution in [-0.4, -0.2) is 5.11 Å². The van der Waals surface area contributed by atoms with Crippen molar-refractivity contribution < 1.29 is 18.3 Å². The summed E-state index contributed by atoms with van der Waals surface area (Å²) in [6.45, 7) is 3.31. The molecule has 124 valence electrons. The van der Waals surface area contributed by atoms with Crippen LogP contribution in [0.15, 0.2) is 36.4 Å². The van der Waals surface area contributed by atoms with Crippen LogP contribution in [0.5, 0.6) is 0 Å². The second-order valence-electron chi connectivity index (χ2n) is 5.68. The summed E-state index contributed by atoms with van der Waals surface area (Å²) < 4.78 is 38.3. The first-order valence-corrected chi connectivity index (χ1v) is 7.12. The minimum Gasteiger partial charge on any atom is -0.397 e. The van der Waals surface area contributed by atoms with E-state index in [-0.39, 0.29) is 11.4 Å². The Balaban J connectivity index is 2.29. The first-order chi connectivity index (χ1) is 10.5. The predicted molar refractivity (Wildman–Crippen MR) is 85.8 cm³/mol. The second kappa shape index (κ2) is 5.94. The van der Waals surface area contributed by atoms with Crippen LogP contribution < -0.4 is 11.1 Å². The predicted octanol–water partition coefficient (Wildman–Crippen LogP) is 4.91. The van der Waals surface area contributed by atoms with Crippen LogP contribution in [0.25, 0.3) is 0 Å². The van der Waals surface area contributed by atoms with Crippen molar-refractivity contribution in [2.75, 3.05) is 11.1 Å². The molecule has 0 spiro atoms. The first kappa shape index (κ1) is 17.4. The molecule has 0 fully saturated rings. The lowest BCUT2D eigenvalue weighted by Crippen LogP contribution is -2.15. The monoisotopic (exact) mass is 344 g/mol. The zero-order valence-corrected chi connectivity index (χ0v) is 13.3. The van der Waals surface area contributed by atoms with E-state index in [1.807, 2.05) is 0 Å². The van der Waals surface area contributed by atoms with Crippen molar-refractivity contribution in [3.05, 3.63) is 52.5 Å². The number of alkyl halides is 3. The SMILES string of the molecule is CC(C)(O)c1ccc(Nc2cc(Cl)c(C(F)(F)F)cc2N)cc1. The van der Waals surface area contributed by atoms with E-state index in [2.05, 4.69) is 5.32 Å². The van der Waals surface area contributed by atoms with Gasteiger partial charge in [0.1, 0.15) is 0 Å². The van der Waals surface area contributed by atoms with E-state index in [1.165, 1.54) is 0 Å². The third-order valence-corrected chi connectivity index (χ3v) is 3.63. The van der Waals surface area contributed by atoms with Crippen molar-refractivity contribution in [3.63, 3.8) is 0 Å². The van der Waals surface area contributed by atoms with Gasteiger partial charge in [-0.15, -0.1) is 0 Å². The van der Waals surface area contributed by atoms with Gasteiger partial charge in [0, 0.05) is 5.69 Å². The van der Waals surface area contributed by atoms with Gasteiger partial charge in [-0.3, -0.25) is 0 Å². The van der Waals surface area contributed by atoms with Gasteiger partial charge < -0.3 is 16.2 Å². The van der Waals surface area contributed by atoms with Gasteiger partial charge in [-0.2, -0.15) is 13.2 Å². The molecular formula is C16H16ClF3N2O. The van der Waals surface area contributed by atoms with E-state index in [9.17, 15) is 18.3 Å². The first-order valence-electron chi connectivity index (χ1n) is 6.74. The normalized spacial score (nSPS) is 12.3. The molecule has 0 radical (unpaired) electrons. The van der Waals surface area contributed by atoms with Gasteiger partial charge in [-0.25, -0.2) is 0 Å². The van der Waals surface area contributed by atoms with Crippen LogP contribution in [-0.2, 0) is 11.8 Å². The fourth-order valence-electron chi connectivity index (χ4n) is 2.03. The van der Waals surface area contributed by atoms with Crippen LogP contribution in [0.1, 0.15) is 25.0 Å². The van der Waals surface area contributed by atoms with Crippen LogP contribution in [0.3, 0.4) is 0 Å². The van der Waals surface area contributed by atoms with Crippen molar-refractivity contribution in [3.8, 4) is 0 Å². The lowest BCUT2D eigenvalue weighted by Gasteiger charge is -2.18. The average Bonchev–Trinajstić information content (AvgIpc) is 2.41. The summed E-state index contributed by atoms with van der Waals surface area (Å²) in [6, 6.07) is 8.75. The molecule has 4 N–H and O–H groups in total. The lowest BCUT2D eigenvalue weighted by molar-refractivity contribution is -0.137. The van der Waals surface area contributed by atoms with Gasteiger partial charge in [0.15, 0.2) is 0 Å². The van der Waals surface area contributed by atoms with Gasteiger partial charge in [0.05, 0.1) is 27.6 Å². The molecule has 0 atom stereocenters. The highest BCUT2D eigenvalue weighted by molar-refractivity contribution is 6.32. The summed E-state index contributed by atoms with van der Waals surface area (Å²) in [5.74, 6) is 0. The Morgan fingerprint density at radius 2 is 1.65 bits per heavy atom. The number of hydrogen-bond acceptors (Lipinski definition) is 3. The number of aliphatic hydroxyl groups is 1. The van der Waals surface area contributed by atoms with Crippen molar-refractivity contribution in [1.29, 1.82) is 0 Å². The highest BCUT2D eigenvalue weighted by atomic mass is 35.5. The molecule has 23 heavy (non-hydrogen) atoms. The highest BCUT2D eigenvalue weighted by Gasteiger charge is 2.33. The maximum Gasteiger partial charge on any atom is 0.417 e. The van der Waals surface area contributed by atoms with E-state index in [1.54, 1.807) is 38.1 Å². The molecule has 0 aromatic heterocycles. The Labute approximate surface area is 136 Å². The minimum absolute atomic E-state index is 0.0618. The van der Waals surface area contributed by atoms with Gasteiger partial charge in [-0.05, 0) is 43.7 Å². The largest absolute Gasteiger partial charge is 0.417 e. The number of anilines is 3. The topological polar surface area (TPSA) is 58.3 Å². The molecule has 0 bridgehead atoms. The van der Waals surface area contributed by atoms with Crippen LogP contribution in [0.4, 0.5) is 30.2 Å². The molecule has 7 heteroatoms. The summed E-state index contributed by atoms with van der Waals surface area (Å²) >= 11 is 5.69. The van der Waals surface area contributed by atoms with E-state index < -0.39 is 22.4 Å². The summed E-state index contributed by atoms with van der Waals surface area (Å²) in [5.41, 5.74) is 5.26. The number of halogens is 4. The van der Waals surface area contributed by atoms with Gasteiger partial charge >= 0.3 is 6.18 Å². The minimum atomic E-state index is -4.56. The number of rotatable bonds is 3. The molecule has 2 aromatic carbocycles. The molecule has 0 aliphatic carbocycles. The van der Waals surface area contributed by atoms with Crippen LogP contribution >= 0.6 is 11.6 Å². The smallest absolute Gasteiger partial charge is 0.397 e. The van der Waals surface area contributed by atoms with E-state index in [4.69, 9.17) is 17.3 Å². The molecule has 0 aliphatic rings. The zero-order valence-electron chi connectivity index (χ0n) is 12.5. The quantitative estimate of drug-likeness (QED) is 0.693. The Morgan fingerprint density at radius 3 is 2.13 bits per heavy atom. The molecule has 0 unspecified atom stereocenters. The number of nitrogens with one attached hydrogen (secondary N) is 1. The standard InChI is InChI=1S/C16H16ClF3N2O/c1-15(2,23)9-3-5-10(6-4-9)22-14-8-12(17)11(7-13(14)21)16(18,19)20/h3-8,22-23H,21H2,1-2H3. The second-order valence-corrected chi connectivity index (χ2v) is 6.09. The summed E-state index contributed by atoms with van der Waals surface area (Å²) in [5, 5.41) is 12.4. The summed E-state index contributed by atoms with van der Waals surface area (Å²) in [4.78, 5) is 0. The molecule has 0 saturated carbocycles. The summed E-state index contributed by atoms with van der Waals surface area (Å²) in [7, 11) is 0. The molecule has 0 saturated heterocycles. The Bertz CT molecular complexity index is 707. The summed E-state index contributed by atoms with van der Waals surface area (Å²) in [6.07, 6.45) is -4.56. The molecular weight excluding hydrogens is 329 g/mol. The van der Waals surface area contributed by atoms with Gasteiger partial charge in [0.2, 0.25) is 0 Å². The zero-order chi connectivity index (χ0) is 17.4. The van der Waals surface area contributed by atoms with Crippen LogP contribution in [0, 0.1) is 0 Å². The highest BCUT2D eigenvalue weighted by Crippen LogP contribution is 2.39. The van der Waals surface area contributed by atoms with Crippen molar-refractivity contribution in [2.24, 2.45) is 0 Å². The Hall–Kier alpha value is -1.92. The fourth-order valence-corrected chi connectivity index (χ4v) is 2.30. The number of nitrogens with two attached hydrogens (primary N) is 1. The fraction of sp³-hybridized carbons (Fsp3) is 0.250. The molecule has 2 aromatic rings.